The van der Waals surface area contributed by atoms with Gasteiger partial charge in [-0.05, 0) is 39.3 Å². The fourth-order valence-electron chi connectivity index (χ4n) is 1.54. The number of amides is 1. The molecule has 21 heavy (non-hydrogen) atoms. The molecule has 0 aliphatic carbocycles. The summed E-state index contributed by atoms with van der Waals surface area (Å²) < 4.78 is 18.6. The summed E-state index contributed by atoms with van der Waals surface area (Å²) in [5.74, 6) is -2.33. The molecule has 0 saturated carbocycles. The van der Waals surface area contributed by atoms with Crippen LogP contribution in [0, 0.1) is 5.82 Å². The number of carbonyl (C=O) groups excluding carboxylic acids is 1. The smallest absolute Gasteiger partial charge is 0.335 e. The van der Waals surface area contributed by atoms with Crippen LogP contribution in [-0.4, -0.2) is 28.6 Å². The standard InChI is InChI=1S/C15H20FNO4/c1-5-15(3,4)17-13(18)9(2)21-12-7-10(14(19)20)6-11(16)8-12/h6-9H,5H2,1-4H3,(H,17,18)(H,19,20). The normalized spacial score (nSPS) is 12.6. The van der Waals surface area contributed by atoms with Crippen molar-refractivity contribution in [2.24, 2.45) is 0 Å². The average Bonchev–Trinajstić information content (AvgIpc) is 2.37. The highest BCUT2D eigenvalue weighted by molar-refractivity contribution is 5.88. The molecule has 1 amide bonds. The molecular formula is C15H20FNO4. The van der Waals surface area contributed by atoms with Crippen LogP contribution in [0.1, 0.15) is 44.5 Å². The lowest BCUT2D eigenvalue weighted by molar-refractivity contribution is -0.129. The summed E-state index contributed by atoms with van der Waals surface area (Å²) >= 11 is 0. The van der Waals surface area contributed by atoms with Crippen LogP contribution in [0.2, 0.25) is 0 Å². The van der Waals surface area contributed by atoms with E-state index in [1.165, 1.54) is 13.0 Å². The van der Waals surface area contributed by atoms with Crippen LogP contribution in [0.3, 0.4) is 0 Å². The van der Waals surface area contributed by atoms with E-state index in [1.54, 1.807) is 0 Å². The fraction of sp³-hybridized carbons (Fsp3) is 0.467. The molecule has 0 saturated heterocycles. The predicted molar refractivity (Wildman–Crippen MR) is 76.0 cm³/mol. The van der Waals surface area contributed by atoms with E-state index in [2.05, 4.69) is 5.32 Å². The van der Waals surface area contributed by atoms with Gasteiger partial charge in [-0.2, -0.15) is 0 Å². The third-order valence-electron chi connectivity index (χ3n) is 3.15. The zero-order valence-corrected chi connectivity index (χ0v) is 12.6. The van der Waals surface area contributed by atoms with Gasteiger partial charge in [0.25, 0.3) is 5.91 Å². The molecule has 0 heterocycles. The van der Waals surface area contributed by atoms with Crippen LogP contribution in [0.4, 0.5) is 4.39 Å². The first kappa shape index (κ1) is 16.9. The minimum Gasteiger partial charge on any atom is -0.481 e. The molecule has 0 radical (unpaired) electrons. The molecule has 2 N–H and O–H groups in total. The topological polar surface area (TPSA) is 75.6 Å². The summed E-state index contributed by atoms with van der Waals surface area (Å²) in [5.41, 5.74) is -0.602. The number of hydrogen-bond donors (Lipinski definition) is 2. The summed E-state index contributed by atoms with van der Waals surface area (Å²) in [6.07, 6.45) is -0.117. The summed E-state index contributed by atoms with van der Waals surface area (Å²) in [6, 6.07) is 3.11. The van der Waals surface area contributed by atoms with E-state index in [0.29, 0.717) is 0 Å². The van der Waals surface area contributed by atoms with Crippen molar-refractivity contribution in [3.63, 3.8) is 0 Å². The molecular weight excluding hydrogens is 277 g/mol. The second-order valence-corrected chi connectivity index (χ2v) is 5.47. The lowest BCUT2D eigenvalue weighted by atomic mass is 10.0. The van der Waals surface area contributed by atoms with Crippen molar-refractivity contribution in [3.05, 3.63) is 29.6 Å². The Kier molecular flexibility index (Phi) is 5.29. The molecule has 6 heteroatoms. The predicted octanol–water partition coefficient (Wildman–Crippen LogP) is 2.60. The van der Waals surface area contributed by atoms with E-state index >= 15 is 0 Å². The van der Waals surface area contributed by atoms with Gasteiger partial charge in [0.05, 0.1) is 5.56 Å². The molecule has 0 fully saturated rings. The van der Waals surface area contributed by atoms with Crippen molar-refractivity contribution in [1.82, 2.24) is 5.32 Å². The molecule has 1 aromatic carbocycles. The number of carboxylic acids is 1. The summed E-state index contributed by atoms with van der Waals surface area (Å²) in [7, 11) is 0. The third-order valence-corrected chi connectivity index (χ3v) is 3.15. The second-order valence-electron chi connectivity index (χ2n) is 5.47. The summed E-state index contributed by atoms with van der Waals surface area (Å²) in [5, 5.41) is 11.7. The van der Waals surface area contributed by atoms with Gasteiger partial charge in [-0.3, -0.25) is 4.79 Å². The lowest BCUT2D eigenvalue weighted by Crippen LogP contribution is -2.48. The van der Waals surface area contributed by atoms with Crippen LogP contribution < -0.4 is 10.1 Å². The first-order valence-corrected chi connectivity index (χ1v) is 6.67. The Morgan fingerprint density at radius 2 is 2.00 bits per heavy atom. The molecule has 1 aromatic rings. The zero-order chi connectivity index (χ0) is 16.2. The largest absolute Gasteiger partial charge is 0.481 e. The van der Waals surface area contributed by atoms with E-state index in [-0.39, 0.29) is 22.8 Å². The monoisotopic (exact) mass is 297 g/mol. The molecule has 0 aliphatic rings. The Bertz CT molecular complexity index is 542. The van der Waals surface area contributed by atoms with Gasteiger partial charge in [0.15, 0.2) is 6.10 Å². The van der Waals surface area contributed by atoms with E-state index in [9.17, 15) is 14.0 Å². The molecule has 116 valence electrons. The number of carbonyl (C=O) groups is 2. The third kappa shape index (κ3) is 5.06. The van der Waals surface area contributed by atoms with E-state index in [0.717, 1.165) is 18.6 Å². The van der Waals surface area contributed by atoms with Crippen LogP contribution in [0.25, 0.3) is 0 Å². The molecule has 1 rings (SSSR count). The highest BCUT2D eigenvalue weighted by Crippen LogP contribution is 2.18. The number of aromatic carboxylic acids is 1. The maximum absolute atomic E-state index is 13.3. The summed E-state index contributed by atoms with van der Waals surface area (Å²) in [4.78, 5) is 22.8. The fourth-order valence-corrected chi connectivity index (χ4v) is 1.54. The van der Waals surface area contributed by atoms with Crippen LogP contribution in [0.5, 0.6) is 5.75 Å². The Morgan fingerprint density at radius 1 is 1.38 bits per heavy atom. The number of hydrogen-bond acceptors (Lipinski definition) is 3. The van der Waals surface area contributed by atoms with Gasteiger partial charge in [0.2, 0.25) is 0 Å². The quantitative estimate of drug-likeness (QED) is 0.846. The minimum atomic E-state index is -1.26. The second kappa shape index (κ2) is 6.56. The van der Waals surface area contributed by atoms with Gasteiger partial charge in [-0.25, -0.2) is 9.18 Å². The maximum Gasteiger partial charge on any atom is 0.335 e. The number of rotatable bonds is 6. The van der Waals surface area contributed by atoms with Crippen LogP contribution in [-0.2, 0) is 4.79 Å². The minimum absolute atomic E-state index is 0.00403. The van der Waals surface area contributed by atoms with Crippen molar-refractivity contribution in [3.8, 4) is 5.75 Å². The molecule has 0 bridgehead atoms. The highest BCUT2D eigenvalue weighted by atomic mass is 19.1. The Labute approximate surface area is 123 Å². The van der Waals surface area contributed by atoms with E-state index in [1.807, 2.05) is 20.8 Å². The van der Waals surface area contributed by atoms with Gasteiger partial charge < -0.3 is 15.2 Å². The first-order chi connectivity index (χ1) is 9.64. The number of nitrogens with one attached hydrogen (secondary N) is 1. The van der Waals surface area contributed by atoms with E-state index < -0.39 is 17.9 Å². The number of ether oxygens (including phenoxy) is 1. The van der Waals surface area contributed by atoms with Crippen LogP contribution in [0.15, 0.2) is 18.2 Å². The molecule has 1 unspecified atom stereocenters. The van der Waals surface area contributed by atoms with Crippen molar-refractivity contribution in [2.45, 2.75) is 45.8 Å². The van der Waals surface area contributed by atoms with Crippen molar-refractivity contribution >= 4 is 11.9 Å². The number of benzene rings is 1. The maximum atomic E-state index is 13.3. The average molecular weight is 297 g/mol. The highest BCUT2D eigenvalue weighted by Gasteiger charge is 2.23. The van der Waals surface area contributed by atoms with Gasteiger partial charge in [0, 0.05) is 11.6 Å². The van der Waals surface area contributed by atoms with Gasteiger partial charge in [-0.15, -0.1) is 0 Å². The number of halogens is 1. The van der Waals surface area contributed by atoms with Crippen LogP contribution >= 0.6 is 0 Å². The molecule has 0 aromatic heterocycles. The van der Waals surface area contributed by atoms with E-state index in [4.69, 9.17) is 9.84 Å². The van der Waals surface area contributed by atoms with Crippen molar-refractivity contribution < 1.29 is 23.8 Å². The molecule has 1 atom stereocenters. The Morgan fingerprint density at radius 3 is 2.52 bits per heavy atom. The Hall–Kier alpha value is -2.11. The molecule has 0 aliphatic heterocycles. The SMILES string of the molecule is CCC(C)(C)NC(=O)C(C)Oc1cc(F)cc(C(=O)O)c1. The summed E-state index contributed by atoms with van der Waals surface area (Å²) in [6.45, 7) is 7.22. The molecule has 5 nitrogen and oxygen atoms in total. The van der Waals surface area contributed by atoms with Gasteiger partial charge >= 0.3 is 5.97 Å². The number of carboxylic acid groups (broad SMARTS) is 1. The van der Waals surface area contributed by atoms with Crippen molar-refractivity contribution in [2.75, 3.05) is 0 Å². The van der Waals surface area contributed by atoms with Crippen molar-refractivity contribution in [1.29, 1.82) is 0 Å². The van der Waals surface area contributed by atoms with Gasteiger partial charge in [-0.1, -0.05) is 6.92 Å². The van der Waals surface area contributed by atoms with Gasteiger partial charge in [0.1, 0.15) is 11.6 Å². The lowest BCUT2D eigenvalue weighted by Gasteiger charge is -2.26. The molecule has 0 spiro atoms. The Balaban J connectivity index is 2.81. The first-order valence-electron chi connectivity index (χ1n) is 6.67. The zero-order valence-electron chi connectivity index (χ0n) is 12.6.